The predicted octanol–water partition coefficient (Wildman–Crippen LogP) is 6.77. The van der Waals surface area contributed by atoms with Gasteiger partial charge in [0, 0.05) is 42.9 Å². The van der Waals surface area contributed by atoms with Gasteiger partial charge in [-0.2, -0.15) is 13.2 Å². The Morgan fingerprint density at radius 3 is 2.42 bits per heavy atom. The molecule has 0 saturated carbocycles. The zero-order valence-corrected chi connectivity index (χ0v) is 23.4. The number of rotatable bonds is 8. The number of carbonyl (C=O) groups is 1. The molecule has 1 saturated heterocycles. The molecule has 2 heterocycles. The minimum Gasteiger partial charge on any atom is -0.495 e. The third-order valence-corrected chi connectivity index (χ3v) is 7.20. The van der Waals surface area contributed by atoms with Crippen molar-refractivity contribution in [3.63, 3.8) is 0 Å². The average Bonchev–Trinajstić information content (AvgIpc) is 3.00. The number of anilines is 2. The van der Waals surface area contributed by atoms with Crippen LogP contribution in [0.4, 0.5) is 29.1 Å². The summed E-state index contributed by atoms with van der Waals surface area (Å²) < 4.78 is 72.0. The molecule has 1 aromatic heterocycles. The van der Waals surface area contributed by atoms with Crippen LogP contribution in [0, 0.1) is 5.82 Å². The van der Waals surface area contributed by atoms with Gasteiger partial charge in [-0.3, -0.25) is 4.79 Å². The summed E-state index contributed by atoms with van der Waals surface area (Å²) in [6.07, 6.45) is -0.916. The van der Waals surface area contributed by atoms with Gasteiger partial charge in [-0.1, -0.05) is 12.6 Å². The Morgan fingerprint density at radius 2 is 1.74 bits per heavy atom. The molecule has 5 rings (SSSR count). The Bertz CT molecular complexity index is 1670. The number of aromatic nitrogens is 2. The van der Waals surface area contributed by atoms with Gasteiger partial charge >= 0.3 is 6.18 Å². The maximum atomic E-state index is 14.7. The largest absolute Gasteiger partial charge is 0.495 e. The molecule has 1 aliphatic rings. The number of amides is 1. The van der Waals surface area contributed by atoms with Crippen LogP contribution in [0.1, 0.15) is 18.4 Å². The van der Waals surface area contributed by atoms with Crippen molar-refractivity contribution in [3.8, 4) is 28.4 Å². The third-order valence-electron chi connectivity index (χ3n) is 7.20. The lowest BCUT2D eigenvalue weighted by atomic mass is 10.0. The Kier molecular flexibility index (Phi) is 8.38. The van der Waals surface area contributed by atoms with Crippen LogP contribution in [-0.2, 0) is 11.0 Å². The van der Waals surface area contributed by atoms with E-state index in [-0.39, 0.29) is 23.1 Å². The maximum Gasteiger partial charge on any atom is 0.416 e. The number of alkyl halides is 3. The van der Waals surface area contributed by atoms with Crippen molar-refractivity contribution in [1.82, 2.24) is 14.9 Å². The molecule has 0 aliphatic carbocycles. The molecule has 0 bridgehead atoms. The second kappa shape index (κ2) is 12.2. The lowest BCUT2D eigenvalue weighted by molar-refractivity contribution is -0.137. The summed E-state index contributed by atoms with van der Waals surface area (Å²) in [7, 11) is 2.96. The lowest BCUT2D eigenvalue weighted by Gasteiger charge is -2.31. The van der Waals surface area contributed by atoms with Crippen molar-refractivity contribution in [2.24, 2.45) is 0 Å². The summed E-state index contributed by atoms with van der Waals surface area (Å²) in [4.78, 5) is 22.4. The van der Waals surface area contributed by atoms with Crippen LogP contribution >= 0.6 is 0 Å². The lowest BCUT2D eigenvalue weighted by Crippen LogP contribution is -2.41. The summed E-state index contributed by atoms with van der Waals surface area (Å²) in [6, 6.07) is 10.2. The topological polar surface area (TPSA) is 85.8 Å². The molecule has 0 radical (unpaired) electrons. The molecule has 1 amide bonds. The average molecular weight is 597 g/mol. The van der Waals surface area contributed by atoms with Gasteiger partial charge in [-0.25, -0.2) is 14.4 Å². The molecular weight excluding hydrogens is 568 g/mol. The van der Waals surface area contributed by atoms with E-state index in [2.05, 4.69) is 21.9 Å². The minimum absolute atomic E-state index is 0.120. The highest BCUT2D eigenvalue weighted by Crippen LogP contribution is 2.40. The van der Waals surface area contributed by atoms with Crippen molar-refractivity contribution >= 4 is 28.3 Å². The fraction of sp³-hybridized carbons (Fsp3) is 0.258. The minimum atomic E-state index is -4.63. The molecular formula is C31H28F4N4O4. The number of benzene rings is 3. The van der Waals surface area contributed by atoms with Crippen molar-refractivity contribution in [2.45, 2.75) is 25.1 Å². The number of fused-ring (bicyclic) bond motifs is 1. The molecule has 1 fully saturated rings. The van der Waals surface area contributed by atoms with E-state index in [9.17, 15) is 22.4 Å². The van der Waals surface area contributed by atoms with E-state index in [1.807, 2.05) is 0 Å². The van der Waals surface area contributed by atoms with Crippen molar-refractivity contribution in [3.05, 3.63) is 78.9 Å². The van der Waals surface area contributed by atoms with Crippen LogP contribution < -0.4 is 19.5 Å². The molecule has 0 unspecified atom stereocenters. The number of halogens is 4. The highest BCUT2D eigenvalue weighted by Gasteiger charge is 2.31. The summed E-state index contributed by atoms with van der Waals surface area (Å²) in [5.74, 6) is 0.696. The first-order valence-electron chi connectivity index (χ1n) is 13.3. The number of methoxy groups -OCH3 is 2. The van der Waals surface area contributed by atoms with Gasteiger partial charge in [-0.15, -0.1) is 0 Å². The molecule has 4 aromatic rings. The maximum absolute atomic E-state index is 14.7. The Balaban J connectivity index is 1.48. The van der Waals surface area contributed by atoms with Gasteiger partial charge in [0.2, 0.25) is 5.91 Å². The predicted molar refractivity (Wildman–Crippen MR) is 153 cm³/mol. The molecule has 8 nitrogen and oxygen atoms in total. The number of hydrogen-bond acceptors (Lipinski definition) is 7. The number of nitrogens with one attached hydrogen (secondary N) is 1. The zero-order valence-electron chi connectivity index (χ0n) is 23.4. The van der Waals surface area contributed by atoms with E-state index in [1.165, 1.54) is 44.8 Å². The van der Waals surface area contributed by atoms with Crippen LogP contribution in [0.15, 0.2) is 67.5 Å². The van der Waals surface area contributed by atoms with Crippen molar-refractivity contribution in [2.75, 3.05) is 32.6 Å². The molecule has 1 aliphatic heterocycles. The van der Waals surface area contributed by atoms with Crippen LogP contribution in [0.25, 0.3) is 22.0 Å². The van der Waals surface area contributed by atoms with Crippen LogP contribution in [0.2, 0.25) is 0 Å². The van der Waals surface area contributed by atoms with Crippen LogP contribution in [-0.4, -0.2) is 54.2 Å². The van der Waals surface area contributed by atoms with Crippen molar-refractivity contribution < 1.29 is 36.6 Å². The normalized spacial score (nSPS) is 14.0. The van der Waals surface area contributed by atoms with E-state index in [1.54, 1.807) is 17.0 Å². The number of nitrogens with zero attached hydrogens (tertiary/aromatic N) is 3. The Hall–Kier alpha value is -4.87. The van der Waals surface area contributed by atoms with Crippen LogP contribution in [0.5, 0.6) is 17.2 Å². The van der Waals surface area contributed by atoms with Crippen molar-refractivity contribution in [1.29, 1.82) is 0 Å². The molecule has 12 heteroatoms. The molecule has 224 valence electrons. The molecule has 3 aromatic carbocycles. The first-order chi connectivity index (χ1) is 20.6. The monoisotopic (exact) mass is 596 g/mol. The smallest absolute Gasteiger partial charge is 0.416 e. The Morgan fingerprint density at radius 1 is 1.00 bits per heavy atom. The van der Waals surface area contributed by atoms with Gasteiger partial charge in [0.05, 0.1) is 31.0 Å². The van der Waals surface area contributed by atoms with Gasteiger partial charge < -0.3 is 24.4 Å². The summed E-state index contributed by atoms with van der Waals surface area (Å²) in [6.45, 7) is 4.60. The van der Waals surface area contributed by atoms with E-state index in [0.29, 0.717) is 71.7 Å². The summed E-state index contributed by atoms with van der Waals surface area (Å²) in [5, 5.41) is 3.73. The van der Waals surface area contributed by atoms with Crippen LogP contribution in [0.3, 0.4) is 0 Å². The number of piperidine rings is 1. The third kappa shape index (κ3) is 6.32. The van der Waals surface area contributed by atoms with E-state index >= 15 is 0 Å². The second-order valence-corrected chi connectivity index (χ2v) is 9.82. The summed E-state index contributed by atoms with van der Waals surface area (Å²) >= 11 is 0. The zero-order chi connectivity index (χ0) is 30.7. The second-order valence-electron chi connectivity index (χ2n) is 9.82. The molecule has 1 N–H and O–H groups in total. The first kappa shape index (κ1) is 29.6. The number of ether oxygens (including phenoxy) is 3. The van der Waals surface area contributed by atoms with E-state index < -0.39 is 17.6 Å². The highest BCUT2D eigenvalue weighted by molar-refractivity contribution is 5.94. The molecule has 0 spiro atoms. The Labute approximate surface area is 244 Å². The van der Waals surface area contributed by atoms with Gasteiger partial charge in [0.1, 0.15) is 29.8 Å². The molecule has 43 heavy (non-hydrogen) atoms. The number of hydrogen-bond donors (Lipinski definition) is 1. The standard InChI is InChI=1S/C31H28F4N4O4/c1-4-29(40)39-11-9-20(10-12-39)43-28-15-22-24(16-27(28)42-3)36-17-37-30(22)38-25-13-18(5-8-26(25)41-2)21-14-19(31(33,34)35)6-7-23(21)32/h4-8,13-17,20H,1,9-12H2,2-3H3,(H,36,37,38). The first-order valence-corrected chi connectivity index (χ1v) is 13.3. The summed E-state index contributed by atoms with van der Waals surface area (Å²) in [5.41, 5.74) is -0.0939. The van der Waals surface area contributed by atoms with Gasteiger partial charge in [0.25, 0.3) is 0 Å². The quantitative estimate of drug-likeness (QED) is 0.178. The number of carbonyl (C=O) groups excluding carboxylic acids is 1. The fourth-order valence-corrected chi connectivity index (χ4v) is 4.94. The highest BCUT2D eigenvalue weighted by atomic mass is 19.4. The number of likely N-dealkylation sites (tertiary alicyclic amines) is 1. The van der Waals surface area contributed by atoms with E-state index in [0.717, 1.165) is 12.1 Å². The van der Waals surface area contributed by atoms with Gasteiger partial charge in [0.15, 0.2) is 11.5 Å². The van der Waals surface area contributed by atoms with E-state index in [4.69, 9.17) is 14.2 Å². The van der Waals surface area contributed by atoms with Gasteiger partial charge in [-0.05, 0) is 48.0 Å². The molecule has 0 atom stereocenters. The fourth-order valence-electron chi connectivity index (χ4n) is 4.94. The SMILES string of the molecule is C=CC(=O)N1CCC(Oc2cc3c(Nc4cc(-c5cc(C(F)(F)F)ccc5F)ccc4OC)ncnc3cc2OC)CC1.